The zero-order valence-corrected chi connectivity index (χ0v) is 14.9. The molecule has 24 heavy (non-hydrogen) atoms. The molecule has 9 heteroatoms. The lowest BCUT2D eigenvalue weighted by atomic mass is 10.1. The molecule has 1 aromatic carbocycles. The summed E-state index contributed by atoms with van der Waals surface area (Å²) in [5, 5.41) is -1.00. The maximum atomic E-state index is 14.0. The largest absolute Gasteiger partial charge is 0.282 e. The number of nitrogens with zero attached hydrogens (tertiary/aromatic N) is 2. The summed E-state index contributed by atoms with van der Waals surface area (Å²) in [5.74, 6) is -0.860. The third kappa shape index (κ3) is 3.35. The summed E-state index contributed by atoms with van der Waals surface area (Å²) in [5.41, 5.74) is 0.123. The van der Waals surface area contributed by atoms with Gasteiger partial charge in [0, 0.05) is 31.7 Å². The summed E-state index contributed by atoms with van der Waals surface area (Å²) >= 11 is 0. The van der Waals surface area contributed by atoms with E-state index in [1.165, 1.54) is 26.8 Å². The zero-order chi connectivity index (χ0) is 17.4. The molecule has 0 aliphatic carbocycles. The summed E-state index contributed by atoms with van der Waals surface area (Å²) < 4.78 is 67.0. The van der Waals surface area contributed by atoms with E-state index in [1.54, 1.807) is 6.07 Å². The molecule has 2 aliphatic rings. The minimum Gasteiger partial charge on any atom is -0.228 e. The van der Waals surface area contributed by atoms with E-state index >= 15 is 0 Å². The maximum absolute atomic E-state index is 14.0. The minimum atomic E-state index is -3.64. The molecule has 0 amide bonds. The predicted molar refractivity (Wildman–Crippen MR) is 88.8 cm³/mol. The Kier molecular flexibility index (Phi) is 4.96. The van der Waals surface area contributed by atoms with Crippen molar-refractivity contribution in [3.05, 3.63) is 35.6 Å². The van der Waals surface area contributed by atoms with Crippen LogP contribution in [0.3, 0.4) is 0 Å². The summed E-state index contributed by atoms with van der Waals surface area (Å²) in [6.45, 7) is 0.952. The molecular formula is C15H21FN2O4S2. The highest BCUT2D eigenvalue weighted by molar-refractivity contribution is 7.91. The number of halogens is 1. The molecular weight excluding hydrogens is 355 g/mol. The molecule has 2 heterocycles. The first-order chi connectivity index (χ1) is 11.3. The molecule has 0 N–H and O–H groups in total. The molecule has 0 radical (unpaired) electrons. The normalized spacial score (nSPS) is 26.3. The minimum absolute atomic E-state index is 0.0658. The van der Waals surface area contributed by atoms with Gasteiger partial charge in [-0.05, 0) is 25.3 Å². The smallest absolute Gasteiger partial charge is 0.228 e. The number of hydrogen-bond acceptors (Lipinski definition) is 4. The van der Waals surface area contributed by atoms with Crippen molar-refractivity contribution in [2.45, 2.75) is 24.5 Å². The lowest BCUT2D eigenvalue weighted by molar-refractivity contribution is 0.370. The fourth-order valence-electron chi connectivity index (χ4n) is 3.32. The van der Waals surface area contributed by atoms with Gasteiger partial charge in [0.05, 0.1) is 11.0 Å². The van der Waals surface area contributed by atoms with E-state index in [1.807, 2.05) is 0 Å². The number of hydrogen-bond donors (Lipinski definition) is 0. The molecule has 1 aromatic rings. The van der Waals surface area contributed by atoms with Crippen LogP contribution in [0.2, 0.25) is 0 Å². The zero-order valence-electron chi connectivity index (χ0n) is 13.3. The molecule has 0 saturated carbocycles. The maximum Gasteiger partial charge on any atom is 0.282 e. The molecule has 3 rings (SSSR count). The van der Waals surface area contributed by atoms with Crippen LogP contribution in [0, 0.1) is 5.82 Å². The fraction of sp³-hybridized carbons (Fsp3) is 0.600. The van der Waals surface area contributed by atoms with E-state index < -0.39 is 31.1 Å². The third-order valence-corrected chi connectivity index (χ3v) is 8.81. The van der Waals surface area contributed by atoms with Gasteiger partial charge in [-0.2, -0.15) is 17.0 Å². The molecule has 2 fully saturated rings. The van der Waals surface area contributed by atoms with Crippen LogP contribution in [0.5, 0.6) is 0 Å². The molecule has 2 saturated heterocycles. The van der Waals surface area contributed by atoms with Crippen LogP contribution < -0.4 is 0 Å². The molecule has 0 aromatic heterocycles. The van der Waals surface area contributed by atoms with E-state index in [0.717, 1.165) is 12.8 Å². The van der Waals surface area contributed by atoms with Gasteiger partial charge in [-0.15, -0.1) is 0 Å². The molecule has 134 valence electrons. The Hall–Kier alpha value is -1.03. The van der Waals surface area contributed by atoms with E-state index in [0.29, 0.717) is 13.1 Å². The summed E-state index contributed by atoms with van der Waals surface area (Å²) in [6, 6.07) is 5.79. The van der Waals surface area contributed by atoms with E-state index in [9.17, 15) is 21.2 Å². The molecule has 2 aliphatic heterocycles. The number of benzene rings is 1. The third-order valence-electron chi connectivity index (χ3n) is 4.67. The summed E-state index contributed by atoms with van der Waals surface area (Å²) in [7, 11) is -7.26. The lowest BCUT2D eigenvalue weighted by Gasteiger charge is -2.25. The highest BCUT2D eigenvalue weighted by atomic mass is 32.2. The van der Waals surface area contributed by atoms with Crippen LogP contribution in [0.1, 0.15) is 30.1 Å². The van der Waals surface area contributed by atoms with Gasteiger partial charge in [-0.25, -0.2) is 12.8 Å². The van der Waals surface area contributed by atoms with Crippen LogP contribution in [-0.4, -0.2) is 57.4 Å². The molecule has 1 unspecified atom stereocenters. The molecule has 0 spiro atoms. The van der Waals surface area contributed by atoms with E-state index in [4.69, 9.17) is 0 Å². The Balaban J connectivity index is 1.86. The van der Waals surface area contributed by atoms with Crippen molar-refractivity contribution in [1.82, 2.24) is 8.61 Å². The first-order valence-corrected chi connectivity index (χ1v) is 11.1. The fourth-order valence-corrected chi connectivity index (χ4v) is 6.94. The second kappa shape index (κ2) is 6.70. The highest BCUT2D eigenvalue weighted by Crippen LogP contribution is 2.32. The molecule has 6 nitrogen and oxygen atoms in total. The van der Waals surface area contributed by atoms with Crippen molar-refractivity contribution in [3.8, 4) is 0 Å². The van der Waals surface area contributed by atoms with Gasteiger partial charge in [-0.1, -0.05) is 18.2 Å². The Morgan fingerprint density at radius 3 is 2.29 bits per heavy atom. The summed E-state index contributed by atoms with van der Waals surface area (Å²) in [4.78, 5) is 0. The SMILES string of the molecule is O=S1(=O)CCN(S(=O)(=O)N2CCCC2)CCC1c1ccccc1F. The first kappa shape index (κ1) is 17.8. The van der Waals surface area contributed by atoms with Crippen molar-refractivity contribution in [3.63, 3.8) is 0 Å². The van der Waals surface area contributed by atoms with Gasteiger partial charge in [0.2, 0.25) is 0 Å². The van der Waals surface area contributed by atoms with Gasteiger partial charge in [0.1, 0.15) is 5.82 Å². The molecule has 1 atom stereocenters. The second-order valence-electron chi connectivity index (χ2n) is 6.18. The predicted octanol–water partition coefficient (Wildman–Crippen LogP) is 1.33. The van der Waals surface area contributed by atoms with Gasteiger partial charge in [0.25, 0.3) is 10.2 Å². The average molecular weight is 376 g/mol. The van der Waals surface area contributed by atoms with Crippen molar-refractivity contribution < 1.29 is 21.2 Å². The number of sulfone groups is 1. The Labute approximate surface area is 142 Å². The van der Waals surface area contributed by atoms with Gasteiger partial charge in [0.15, 0.2) is 9.84 Å². The van der Waals surface area contributed by atoms with Crippen molar-refractivity contribution in [1.29, 1.82) is 0 Å². The van der Waals surface area contributed by atoms with Crippen LogP contribution in [-0.2, 0) is 20.0 Å². The van der Waals surface area contributed by atoms with E-state index in [2.05, 4.69) is 0 Å². The van der Waals surface area contributed by atoms with Crippen LogP contribution in [0.15, 0.2) is 24.3 Å². The van der Waals surface area contributed by atoms with Crippen LogP contribution >= 0.6 is 0 Å². The molecule has 0 bridgehead atoms. The average Bonchev–Trinajstić information content (AvgIpc) is 3.01. The Morgan fingerprint density at radius 1 is 1.00 bits per heavy atom. The topological polar surface area (TPSA) is 74.8 Å². The Bertz CT molecular complexity index is 805. The lowest BCUT2D eigenvalue weighted by Crippen LogP contribution is -2.43. The quantitative estimate of drug-likeness (QED) is 0.798. The number of rotatable bonds is 3. The van der Waals surface area contributed by atoms with Crippen molar-refractivity contribution in [2.24, 2.45) is 0 Å². The Morgan fingerprint density at radius 2 is 1.62 bits per heavy atom. The summed E-state index contributed by atoms with van der Waals surface area (Å²) in [6.07, 6.45) is 1.71. The second-order valence-corrected chi connectivity index (χ2v) is 10.4. The monoisotopic (exact) mass is 376 g/mol. The highest BCUT2D eigenvalue weighted by Gasteiger charge is 2.38. The van der Waals surface area contributed by atoms with Gasteiger partial charge >= 0.3 is 0 Å². The van der Waals surface area contributed by atoms with Gasteiger partial charge < -0.3 is 0 Å². The van der Waals surface area contributed by atoms with Gasteiger partial charge in [-0.3, -0.25) is 0 Å². The van der Waals surface area contributed by atoms with Crippen LogP contribution in [0.4, 0.5) is 4.39 Å². The van der Waals surface area contributed by atoms with Crippen LogP contribution in [0.25, 0.3) is 0 Å². The van der Waals surface area contributed by atoms with E-state index in [-0.39, 0.29) is 30.8 Å². The van der Waals surface area contributed by atoms with Crippen molar-refractivity contribution in [2.75, 3.05) is 31.9 Å². The first-order valence-electron chi connectivity index (χ1n) is 8.03. The standard InChI is InChI=1S/C15H21FN2O4S2/c16-14-6-2-1-5-13(14)15-7-10-18(11-12-23(15,19)20)24(21,22)17-8-3-4-9-17/h1-2,5-6,15H,3-4,7-12H2. The van der Waals surface area contributed by atoms with Crippen molar-refractivity contribution >= 4 is 20.0 Å².